The summed E-state index contributed by atoms with van der Waals surface area (Å²) in [6, 6.07) is 3.32. The molecule has 25 heavy (non-hydrogen) atoms. The predicted octanol–water partition coefficient (Wildman–Crippen LogP) is 2.59. The van der Waals surface area contributed by atoms with E-state index < -0.39 is 5.97 Å². The van der Waals surface area contributed by atoms with Gasteiger partial charge in [0.15, 0.2) is 0 Å². The molecule has 7 nitrogen and oxygen atoms in total. The zero-order valence-electron chi connectivity index (χ0n) is 14.4. The average molecular weight is 360 g/mol. The van der Waals surface area contributed by atoms with Crippen LogP contribution in [0.1, 0.15) is 49.5 Å². The van der Waals surface area contributed by atoms with Crippen LogP contribution in [0, 0.1) is 6.92 Å². The lowest BCUT2D eigenvalue weighted by molar-refractivity contribution is 0.0700. The molecule has 0 radical (unpaired) electrons. The first-order valence-electron chi connectivity index (χ1n) is 8.03. The number of anilines is 1. The first kappa shape index (κ1) is 17.3. The number of aryl methyl sites for hydroxylation is 1. The van der Waals surface area contributed by atoms with Crippen molar-refractivity contribution in [1.82, 2.24) is 14.9 Å². The van der Waals surface area contributed by atoms with Crippen LogP contribution in [0.5, 0.6) is 0 Å². The van der Waals surface area contributed by atoms with Crippen LogP contribution >= 0.6 is 11.3 Å². The minimum absolute atomic E-state index is 0.0847. The second kappa shape index (κ2) is 6.79. The van der Waals surface area contributed by atoms with Gasteiger partial charge in [0, 0.05) is 31.7 Å². The largest absolute Gasteiger partial charge is 0.477 e. The van der Waals surface area contributed by atoms with Crippen LogP contribution in [0.3, 0.4) is 0 Å². The first-order valence-corrected chi connectivity index (χ1v) is 8.85. The summed E-state index contributed by atoms with van der Waals surface area (Å²) < 4.78 is 0. The van der Waals surface area contributed by atoms with Gasteiger partial charge in [0.1, 0.15) is 4.88 Å². The Morgan fingerprint density at radius 3 is 2.72 bits per heavy atom. The van der Waals surface area contributed by atoms with E-state index in [1.807, 2.05) is 20.2 Å². The van der Waals surface area contributed by atoms with Crippen molar-refractivity contribution in [2.24, 2.45) is 0 Å². The molecular formula is C17H20N4O3S. The fourth-order valence-electron chi connectivity index (χ4n) is 2.99. The summed E-state index contributed by atoms with van der Waals surface area (Å²) in [5, 5.41) is 9.11. The summed E-state index contributed by atoms with van der Waals surface area (Å²) in [6.07, 6.45) is 3.31. The molecule has 0 bridgehead atoms. The van der Waals surface area contributed by atoms with E-state index in [1.165, 1.54) is 11.3 Å². The number of thiophene rings is 1. The molecule has 3 rings (SSSR count). The molecule has 1 saturated heterocycles. The van der Waals surface area contributed by atoms with Crippen molar-refractivity contribution in [2.75, 3.05) is 25.5 Å². The van der Waals surface area contributed by atoms with E-state index in [1.54, 1.807) is 29.0 Å². The number of nitrogens with zero attached hydrogens (tertiary/aromatic N) is 4. The molecule has 8 heteroatoms. The lowest BCUT2D eigenvalue weighted by Crippen LogP contribution is -2.31. The summed E-state index contributed by atoms with van der Waals surface area (Å²) in [5.74, 6) is -0.470. The highest BCUT2D eigenvalue weighted by atomic mass is 32.1. The van der Waals surface area contributed by atoms with Crippen molar-refractivity contribution >= 4 is 29.2 Å². The summed E-state index contributed by atoms with van der Waals surface area (Å²) >= 11 is 1.23. The van der Waals surface area contributed by atoms with Gasteiger partial charge >= 0.3 is 5.97 Å². The number of carboxylic acids is 1. The molecule has 1 fully saturated rings. The minimum atomic E-state index is -0.935. The standard InChI is InChI=1S/C17H20N4O3S/c1-10-11(9-18-17(19-10)20(2)3)15(22)21-8-4-5-12(21)13-6-7-14(25-13)16(23)24/h6-7,9,12H,4-5,8H2,1-3H3,(H,23,24). The Kier molecular flexibility index (Phi) is 4.71. The van der Waals surface area contributed by atoms with E-state index in [2.05, 4.69) is 9.97 Å². The number of aromatic nitrogens is 2. The monoisotopic (exact) mass is 360 g/mol. The molecule has 3 heterocycles. The van der Waals surface area contributed by atoms with Gasteiger partial charge in [-0.1, -0.05) is 0 Å². The third kappa shape index (κ3) is 3.34. The van der Waals surface area contributed by atoms with Crippen LogP contribution in [0.2, 0.25) is 0 Å². The normalized spacial score (nSPS) is 16.9. The molecule has 1 unspecified atom stereocenters. The number of carbonyl (C=O) groups excluding carboxylic acids is 1. The molecule has 132 valence electrons. The fourth-order valence-corrected chi connectivity index (χ4v) is 3.98. The van der Waals surface area contributed by atoms with Crippen molar-refractivity contribution in [3.63, 3.8) is 0 Å². The van der Waals surface area contributed by atoms with E-state index >= 15 is 0 Å². The minimum Gasteiger partial charge on any atom is -0.477 e. The number of hydrogen-bond donors (Lipinski definition) is 1. The van der Waals surface area contributed by atoms with Gasteiger partial charge < -0.3 is 14.9 Å². The van der Waals surface area contributed by atoms with Crippen LogP contribution in [0.4, 0.5) is 5.95 Å². The van der Waals surface area contributed by atoms with Gasteiger partial charge in [0.2, 0.25) is 5.95 Å². The van der Waals surface area contributed by atoms with Crippen LogP contribution in [0.15, 0.2) is 18.3 Å². The molecule has 0 aliphatic carbocycles. The lowest BCUT2D eigenvalue weighted by Gasteiger charge is -2.24. The number of carboxylic acid groups (broad SMARTS) is 1. The second-order valence-electron chi connectivity index (χ2n) is 6.23. The number of amides is 1. The van der Waals surface area contributed by atoms with Crippen LogP contribution in [-0.4, -0.2) is 52.5 Å². The van der Waals surface area contributed by atoms with Gasteiger partial charge in [0.25, 0.3) is 5.91 Å². The first-order chi connectivity index (χ1) is 11.9. The van der Waals surface area contributed by atoms with Crippen LogP contribution < -0.4 is 4.90 Å². The van der Waals surface area contributed by atoms with Gasteiger partial charge in [0.05, 0.1) is 17.3 Å². The Balaban J connectivity index is 1.86. The molecule has 1 amide bonds. The third-order valence-electron chi connectivity index (χ3n) is 4.28. The Hall–Kier alpha value is -2.48. The molecule has 2 aromatic rings. The molecule has 0 aromatic carbocycles. The fraction of sp³-hybridized carbons (Fsp3) is 0.412. The van der Waals surface area contributed by atoms with E-state index in [-0.39, 0.29) is 11.9 Å². The molecule has 0 spiro atoms. The van der Waals surface area contributed by atoms with Gasteiger partial charge in [-0.05, 0) is 31.9 Å². The van der Waals surface area contributed by atoms with E-state index in [0.717, 1.165) is 17.7 Å². The van der Waals surface area contributed by atoms with Crippen molar-refractivity contribution in [3.8, 4) is 0 Å². The van der Waals surface area contributed by atoms with Crippen molar-refractivity contribution < 1.29 is 14.7 Å². The van der Waals surface area contributed by atoms with E-state index in [0.29, 0.717) is 28.6 Å². The van der Waals surface area contributed by atoms with Crippen molar-refractivity contribution in [1.29, 1.82) is 0 Å². The Labute approximate surface area is 149 Å². The highest BCUT2D eigenvalue weighted by Crippen LogP contribution is 2.37. The summed E-state index contributed by atoms with van der Waals surface area (Å²) in [6.45, 7) is 2.46. The molecular weight excluding hydrogens is 340 g/mol. The highest BCUT2D eigenvalue weighted by molar-refractivity contribution is 7.14. The summed E-state index contributed by atoms with van der Waals surface area (Å²) in [5.41, 5.74) is 1.14. The third-order valence-corrected chi connectivity index (χ3v) is 5.45. The number of rotatable bonds is 4. The van der Waals surface area contributed by atoms with Crippen molar-refractivity contribution in [2.45, 2.75) is 25.8 Å². The summed E-state index contributed by atoms with van der Waals surface area (Å²) in [4.78, 5) is 37.5. The number of carbonyl (C=O) groups is 2. The topological polar surface area (TPSA) is 86.6 Å². The zero-order valence-corrected chi connectivity index (χ0v) is 15.2. The average Bonchev–Trinajstić information content (AvgIpc) is 3.22. The maximum Gasteiger partial charge on any atom is 0.345 e. The zero-order chi connectivity index (χ0) is 18.1. The second-order valence-corrected chi connectivity index (χ2v) is 7.34. The molecule has 1 aliphatic heterocycles. The Bertz CT molecular complexity index is 818. The molecule has 2 aromatic heterocycles. The SMILES string of the molecule is Cc1nc(N(C)C)ncc1C(=O)N1CCCC1c1ccc(C(=O)O)s1. The van der Waals surface area contributed by atoms with E-state index in [4.69, 9.17) is 5.11 Å². The Morgan fingerprint density at radius 1 is 1.36 bits per heavy atom. The molecule has 1 atom stereocenters. The predicted molar refractivity (Wildman–Crippen MR) is 95.4 cm³/mol. The number of aromatic carboxylic acids is 1. The summed E-state index contributed by atoms with van der Waals surface area (Å²) in [7, 11) is 3.70. The molecule has 1 N–H and O–H groups in total. The number of hydrogen-bond acceptors (Lipinski definition) is 6. The van der Waals surface area contributed by atoms with Gasteiger partial charge in [-0.25, -0.2) is 14.8 Å². The maximum atomic E-state index is 13.0. The van der Waals surface area contributed by atoms with Gasteiger partial charge in [-0.15, -0.1) is 11.3 Å². The lowest BCUT2D eigenvalue weighted by atomic mass is 10.1. The smallest absolute Gasteiger partial charge is 0.345 e. The highest BCUT2D eigenvalue weighted by Gasteiger charge is 2.33. The van der Waals surface area contributed by atoms with Crippen LogP contribution in [0.25, 0.3) is 0 Å². The number of likely N-dealkylation sites (tertiary alicyclic amines) is 1. The van der Waals surface area contributed by atoms with Crippen molar-refractivity contribution in [3.05, 3.63) is 39.3 Å². The molecule has 0 saturated carbocycles. The van der Waals surface area contributed by atoms with Gasteiger partial charge in [-0.3, -0.25) is 4.79 Å². The Morgan fingerprint density at radius 2 is 2.12 bits per heavy atom. The quantitative estimate of drug-likeness (QED) is 0.902. The van der Waals surface area contributed by atoms with Gasteiger partial charge in [-0.2, -0.15) is 0 Å². The maximum absolute atomic E-state index is 13.0. The van der Waals surface area contributed by atoms with E-state index in [9.17, 15) is 9.59 Å². The van der Waals surface area contributed by atoms with Crippen LogP contribution in [-0.2, 0) is 0 Å². The molecule has 1 aliphatic rings.